The molecule has 0 saturated heterocycles. The Kier molecular flexibility index (Phi) is 4.44. The second-order valence-corrected chi connectivity index (χ2v) is 8.42. The number of hydrogen-bond donors (Lipinski definition) is 1. The number of fused-ring (bicyclic) bond motifs is 1. The van der Waals surface area contributed by atoms with Crippen LogP contribution in [0.4, 0.5) is 0 Å². The van der Waals surface area contributed by atoms with E-state index in [9.17, 15) is 4.79 Å². The van der Waals surface area contributed by atoms with E-state index >= 15 is 0 Å². The Bertz CT molecular complexity index is 1050. The van der Waals surface area contributed by atoms with Crippen LogP contribution in [0.5, 0.6) is 0 Å². The van der Waals surface area contributed by atoms with Crippen molar-refractivity contribution in [1.29, 1.82) is 0 Å². The first kappa shape index (κ1) is 18.6. The van der Waals surface area contributed by atoms with Crippen molar-refractivity contribution in [1.82, 2.24) is 25.2 Å². The molecule has 0 unspecified atom stereocenters. The summed E-state index contributed by atoms with van der Waals surface area (Å²) in [6.07, 6.45) is 3.40. The summed E-state index contributed by atoms with van der Waals surface area (Å²) in [7, 11) is 7.97. The van der Waals surface area contributed by atoms with Crippen molar-refractivity contribution in [2.75, 3.05) is 0 Å². The zero-order valence-electron chi connectivity index (χ0n) is 16.9. The number of benzene rings is 1. The van der Waals surface area contributed by atoms with Gasteiger partial charge in [0.1, 0.15) is 23.5 Å². The Morgan fingerprint density at radius 2 is 2.14 bits per heavy atom. The van der Waals surface area contributed by atoms with Gasteiger partial charge in [0.25, 0.3) is 5.91 Å². The summed E-state index contributed by atoms with van der Waals surface area (Å²) in [6, 6.07) is 6.17. The summed E-state index contributed by atoms with van der Waals surface area (Å²) in [6.45, 7) is 1.90. The topological polar surface area (TPSA) is 85.8 Å². The van der Waals surface area contributed by atoms with Gasteiger partial charge in [0.15, 0.2) is 0 Å². The van der Waals surface area contributed by atoms with Crippen molar-refractivity contribution in [2.24, 2.45) is 7.05 Å². The van der Waals surface area contributed by atoms with E-state index in [1.807, 2.05) is 43.6 Å². The van der Waals surface area contributed by atoms with E-state index in [0.717, 1.165) is 29.7 Å². The van der Waals surface area contributed by atoms with Gasteiger partial charge >= 0.3 is 0 Å². The van der Waals surface area contributed by atoms with E-state index in [1.165, 1.54) is 5.56 Å². The third kappa shape index (κ3) is 3.27. The monoisotopic (exact) mass is 373 g/mol. The molecular formula is C18H22B3N5O2. The number of nitrogens with one attached hydrogen (secondary N) is 1. The van der Waals surface area contributed by atoms with Gasteiger partial charge in [-0.2, -0.15) is 10.1 Å². The molecule has 10 heteroatoms. The van der Waals surface area contributed by atoms with Crippen LogP contribution >= 0.6 is 0 Å². The number of hydrogen-bond acceptors (Lipinski definition) is 5. The number of carbonyl (C=O) groups is 1. The zero-order chi connectivity index (χ0) is 20.1. The standard InChI is InChI=1S/C18H22B3N5O2/c1-9-13(8-22-26(9)2)16(27)23-14-6-4-10-7-11(3-5-12(10)14)15-24-17(28-25-15)18(19,20)21/h3,5,7-8,14H,4,6,19-21H2,1-2H3,(H,23,27)/t14-/m1/s1. The van der Waals surface area contributed by atoms with Crippen LogP contribution in [0.1, 0.15) is 45.5 Å². The molecule has 4 rings (SSSR count). The Labute approximate surface area is 166 Å². The summed E-state index contributed by atoms with van der Waals surface area (Å²) in [5.41, 5.74) is 4.78. The van der Waals surface area contributed by atoms with Crippen LogP contribution in [-0.4, -0.2) is 49.4 Å². The fraction of sp³-hybridized carbons (Fsp3) is 0.333. The second-order valence-electron chi connectivity index (χ2n) is 8.42. The van der Waals surface area contributed by atoms with Crippen LogP contribution in [0, 0.1) is 6.92 Å². The van der Waals surface area contributed by atoms with Gasteiger partial charge in [0.05, 0.1) is 17.8 Å². The summed E-state index contributed by atoms with van der Waals surface area (Å²) in [5, 5.41) is 11.3. The van der Waals surface area contributed by atoms with Crippen molar-refractivity contribution in [3.05, 3.63) is 52.7 Å². The first-order valence-electron chi connectivity index (χ1n) is 9.51. The normalized spacial score (nSPS) is 16.1. The quantitative estimate of drug-likeness (QED) is 0.606. The van der Waals surface area contributed by atoms with Crippen LogP contribution in [0.2, 0.25) is 0 Å². The maximum atomic E-state index is 12.6. The highest BCUT2D eigenvalue weighted by molar-refractivity contribution is 6.58. The number of rotatable bonds is 4. The number of carbonyl (C=O) groups excluding carboxylic acids is 1. The van der Waals surface area contributed by atoms with Crippen molar-refractivity contribution < 1.29 is 9.32 Å². The number of amides is 1. The van der Waals surface area contributed by atoms with E-state index in [0.29, 0.717) is 17.3 Å². The molecule has 7 nitrogen and oxygen atoms in total. The molecule has 1 atom stereocenters. The van der Waals surface area contributed by atoms with Gasteiger partial charge in [-0.3, -0.25) is 9.48 Å². The highest BCUT2D eigenvalue weighted by atomic mass is 16.5. The fourth-order valence-corrected chi connectivity index (χ4v) is 3.51. The molecule has 2 aromatic heterocycles. The van der Waals surface area contributed by atoms with E-state index in [1.54, 1.807) is 10.9 Å². The molecule has 0 aliphatic heterocycles. The van der Waals surface area contributed by atoms with E-state index < -0.39 is 0 Å². The second kappa shape index (κ2) is 6.69. The molecule has 28 heavy (non-hydrogen) atoms. The van der Waals surface area contributed by atoms with E-state index in [-0.39, 0.29) is 17.1 Å². The van der Waals surface area contributed by atoms with Gasteiger partial charge in [-0.1, -0.05) is 17.3 Å². The van der Waals surface area contributed by atoms with Crippen molar-refractivity contribution in [2.45, 2.75) is 30.9 Å². The SMILES string of the molecule is BC(B)(B)c1nc(-c2ccc3c(c2)CC[C@H]3NC(=O)c2cnn(C)c2C)no1. The van der Waals surface area contributed by atoms with Gasteiger partial charge in [0, 0.05) is 18.3 Å². The molecule has 1 amide bonds. The summed E-state index contributed by atoms with van der Waals surface area (Å²) >= 11 is 0. The minimum absolute atomic E-state index is 0.00607. The Balaban J connectivity index is 1.54. The molecule has 140 valence electrons. The highest BCUT2D eigenvalue weighted by Crippen LogP contribution is 2.34. The maximum absolute atomic E-state index is 12.6. The lowest BCUT2D eigenvalue weighted by Gasteiger charge is -2.14. The molecule has 1 N–H and O–H groups in total. The lowest BCUT2D eigenvalue weighted by atomic mass is 9.42. The average molecular weight is 373 g/mol. The minimum atomic E-state index is -0.179. The Morgan fingerprint density at radius 1 is 1.36 bits per heavy atom. The highest BCUT2D eigenvalue weighted by Gasteiger charge is 2.27. The molecule has 0 fully saturated rings. The van der Waals surface area contributed by atoms with Crippen molar-refractivity contribution in [3.63, 3.8) is 0 Å². The molecule has 2 heterocycles. The molecule has 0 radical (unpaired) electrons. The smallest absolute Gasteiger partial charge is 0.255 e. The average Bonchev–Trinajstić information content (AvgIpc) is 3.35. The van der Waals surface area contributed by atoms with Crippen molar-refractivity contribution in [3.8, 4) is 11.4 Å². The molecule has 1 aromatic carbocycles. The third-order valence-electron chi connectivity index (χ3n) is 5.33. The predicted molar refractivity (Wildman–Crippen MR) is 114 cm³/mol. The first-order chi connectivity index (χ1) is 13.2. The van der Waals surface area contributed by atoms with E-state index in [2.05, 4.69) is 32.7 Å². The summed E-state index contributed by atoms with van der Waals surface area (Å²) < 4.78 is 7.12. The zero-order valence-corrected chi connectivity index (χ0v) is 16.9. The molecule has 0 spiro atoms. The molecule has 0 saturated carbocycles. The van der Waals surface area contributed by atoms with E-state index in [4.69, 9.17) is 4.52 Å². The first-order valence-corrected chi connectivity index (χ1v) is 9.51. The lowest BCUT2D eigenvalue weighted by molar-refractivity contribution is 0.0936. The Morgan fingerprint density at radius 3 is 2.79 bits per heavy atom. The fourth-order valence-electron chi connectivity index (χ4n) is 3.51. The summed E-state index contributed by atoms with van der Waals surface area (Å²) in [5.74, 6) is 1.15. The van der Waals surface area contributed by atoms with Gasteiger partial charge in [-0.25, -0.2) is 0 Å². The molecule has 3 aromatic rings. The van der Waals surface area contributed by atoms with Gasteiger partial charge in [-0.05, 0) is 42.1 Å². The van der Waals surface area contributed by atoms with Crippen LogP contribution in [0.3, 0.4) is 0 Å². The number of aryl methyl sites for hydroxylation is 2. The van der Waals surface area contributed by atoms with Gasteiger partial charge in [-0.15, -0.1) is 0 Å². The largest absolute Gasteiger partial charge is 0.345 e. The molecule has 1 aliphatic rings. The lowest BCUT2D eigenvalue weighted by Crippen LogP contribution is -2.27. The van der Waals surface area contributed by atoms with Crippen molar-refractivity contribution >= 4 is 29.4 Å². The molecule has 0 bridgehead atoms. The minimum Gasteiger partial charge on any atom is -0.345 e. The maximum Gasteiger partial charge on any atom is 0.255 e. The van der Waals surface area contributed by atoms with Crippen LogP contribution < -0.4 is 5.32 Å². The molecular weight excluding hydrogens is 351 g/mol. The van der Waals surface area contributed by atoms with Crippen LogP contribution in [-0.2, 0) is 18.6 Å². The predicted octanol–water partition coefficient (Wildman–Crippen LogP) is -0.795. The number of nitrogens with zero attached hydrogens (tertiary/aromatic N) is 4. The summed E-state index contributed by atoms with van der Waals surface area (Å²) in [4.78, 5) is 17.2. The Hall–Kier alpha value is -2.77. The third-order valence-corrected chi connectivity index (χ3v) is 5.33. The van der Waals surface area contributed by atoms with Gasteiger partial charge in [0.2, 0.25) is 11.7 Å². The van der Waals surface area contributed by atoms with Crippen LogP contribution in [0.15, 0.2) is 28.9 Å². The van der Waals surface area contributed by atoms with Crippen LogP contribution in [0.25, 0.3) is 11.4 Å². The number of aromatic nitrogens is 4. The molecule has 1 aliphatic carbocycles. The van der Waals surface area contributed by atoms with Gasteiger partial charge < -0.3 is 9.84 Å².